The van der Waals surface area contributed by atoms with Gasteiger partial charge in [0.25, 0.3) is 0 Å². The van der Waals surface area contributed by atoms with E-state index < -0.39 is 0 Å². The van der Waals surface area contributed by atoms with Gasteiger partial charge in [-0.1, -0.05) is 11.8 Å². The summed E-state index contributed by atoms with van der Waals surface area (Å²) in [5.41, 5.74) is 7.39. The fourth-order valence-electron chi connectivity index (χ4n) is 0.984. The molecule has 0 saturated carbocycles. The molecule has 0 saturated heterocycles. The summed E-state index contributed by atoms with van der Waals surface area (Å²) in [5.74, 6) is 0.765. The standard InChI is InChI=1S/C8H8N4S/c9-8-12-11-7(5-13-8)6-2-1-3-10-4-6/h1-4H,5H2,(H2,9,12). The topological polar surface area (TPSA) is 63.6 Å². The predicted molar refractivity (Wildman–Crippen MR) is 54.9 cm³/mol. The molecule has 13 heavy (non-hydrogen) atoms. The monoisotopic (exact) mass is 192 g/mol. The van der Waals surface area contributed by atoms with Gasteiger partial charge in [-0.15, -0.1) is 5.10 Å². The highest BCUT2D eigenvalue weighted by Crippen LogP contribution is 2.12. The van der Waals surface area contributed by atoms with E-state index in [1.54, 1.807) is 12.4 Å². The van der Waals surface area contributed by atoms with Crippen LogP contribution in [0.5, 0.6) is 0 Å². The number of hydrogen-bond acceptors (Lipinski definition) is 5. The number of amidine groups is 1. The van der Waals surface area contributed by atoms with Crippen LogP contribution in [-0.2, 0) is 0 Å². The van der Waals surface area contributed by atoms with E-state index in [1.165, 1.54) is 11.8 Å². The largest absolute Gasteiger partial charge is 0.377 e. The van der Waals surface area contributed by atoms with Crippen molar-refractivity contribution in [3.05, 3.63) is 30.1 Å². The molecule has 2 rings (SSSR count). The lowest BCUT2D eigenvalue weighted by atomic mass is 10.2. The second-order valence-corrected chi connectivity index (χ2v) is 3.51. The third kappa shape index (κ3) is 1.86. The van der Waals surface area contributed by atoms with Gasteiger partial charge in [-0.2, -0.15) is 5.10 Å². The Bertz CT molecular complexity index is 358. The maximum Gasteiger partial charge on any atom is 0.180 e. The molecule has 0 unspecified atom stereocenters. The maximum absolute atomic E-state index is 5.47. The van der Waals surface area contributed by atoms with Crippen molar-refractivity contribution in [3.63, 3.8) is 0 Å². The van der Waals surface area contributed by atoms with Gasteiger partial charge in [-0.3, -0.25) is 4.98 Å². The molecule has 1 aromatic heterocycles. The molecule has 1 aliphatic rings. The first-order valence-corrected chi connectivity index (χ1v) is 4.78. The van der Waals surface area contributed by atoms with E-state index >= 15 is 0 Å². The molecule has 0 radical (unpaired) electrons. The van der Waals surface area contributed by atoms with E-state index in [1.807, 2.05) is 12.1 Å². The van der Waals surface area contributed by atoms with Crippen molar-refractivity contribution in [2.24, 2.45) is 15.9 Å². The molecule has 1 aromatic rings. The summed E-state index contributed by atoms with van der Waals surface area (Å²) in [7, 11) is 0. The van der Waals surface area contributed by atoms with Gasteiger partial charge in [0.05, 0.1) is 5.71 Å². The Labute approximate surface area is 80.0 Å². The molecular weight excluding hydrogens is 184 g/mol. The second-order valence-electron chi connectivity index (χ2n) is 2.52. The molecule has 1 aliphatic heterocycles. The van der Waals surface area contributed by atoms with Crippen molar-refractivity contribution in [3.8, 4) is 0 Å². The second kappa shape index (κ2) is 3.57. The van der Waals surface area contributed by atoms with Gasteiger partial charge in [0, 0.05) is 23.7 Å². The molecule has 66 valence electrons. The van der Waals surface area contributed by atoms with Gasteiger partial charge < -0.3 is 5.73 Å². The van der Waals surface area contributed by atoms with Crippen LogP contribution in [0.1, 0.15) is 5.56 Å². The van der Waals surface area contributed by atoms with Crippen LogP contribution < -0.4 is 5.73 Å². The Morgan fingerprint density at radius 3 is 2.92 bits per heavy atom. The first-order valence-electron chi connectivity index (χ1n) is 3.79. The van der Waals surface area contributed by atoms with Crippen LogP contribution in [-0.4, -0.2) is 21.6 Å². The molecule has 0 aromatic carbocycles. The number of rotatable bonds is 1. The zero-order valence-electron chi connectivity index (χ0n) is 6.84. The van der Waals surface area contributed by atoms with E-state index in [0.717, 1.165) is 17.0 Å². The molecule has 2 heterocycles. The van der Waals surface area contributed by atoms with Crippen molar-refractivity contribution in [2.75, 3.05) is 5.75 Å². The number of thioether (sulfide) groups is 1. The Balaban J connectivity index is 2.29. The minimum atomic E-state index is 0.521. The average molecular weight is 192 g/mol. The zero-order valence-corrected chi connectivity index (χ0v) is 7.66. The molecule has 0 aliphatic carbocycles. The molecule has 4 nitrogen and oxygen atoms in total. The number of nitrogens with zero attached hydrogens (tertiary/aromatic N) is 3. The minimum Gasteiger partial charge on any atom is -0.377 e. The highest BCUT2D eigenvalue weighted by molar-refractivity contribution is 8.14. The van der Waals surface area contributed by atoms with Gasteiger partial charge in [0.2, 0.25) is 0 Å². The van der Waals surface area contributed by atoms with Crippen molar-refractivity contribution < 1.29 is 0 Å². The first-order chi connectivity index (χ1) is 6.36. The van der Waals surface area contributed by atoms with Crippen LogP contribution in [0.25, 0.3) is 0 Å². The van der Waals surface area contributed by atoms with Crippen molar-refractivity contribution >= 4 is 22.6 Å². The van der Waals surface area contributed by atoms with E-state index in [0.29, 0.717) is 5.17 Å². The summed E-state index contributed by atoms with van der Waals surface area (Å²) in [6.07, 6.45) is 3.51. The van der Waals surface area contributed by atoms with Crippen molar-refractivity contribution in [1.29, 1.82) is 0 Å². The van der Waals surface area contributed by atoms with Crippen LogP contribution in [0.3, 0.4) is 0 Å². The van der Waals surface area contributed by atoms with E-state index in [9.17, 15) is 0 Å². The van der Waals surface area contributed by atoms with Crippen LogP contribution in [0.2, 0.25) is 0 Å². The molecule has 0 fully saturated rings. The average Bonchev–Trinajstić information content (AvgIpc) is 2.20. The maximum atomic E-state index is 5.47. The lowest BCUT2D eigenvalue weighted by Crippen LogP contribution is -2.16. The van der Waals surface area contributed by atoms with Gasteiger partial charge in [-0.05, 0) is 12.1 Å². The third-order valence-electron chi connectivity index (χ3n) is 1.62. The van der Waals surface area contributed by atoms with Crippen LogP contribution in [0, 0.1) is 0 Å². The molecule has 0 bridgehead atoms. The highest BCUT2D eigenvalue weighted by Gasteiger charge is 2.09. The van der Waals surface area contributed by atoms with Crippen molar-refractivity contribution in [2.45, 2.75) is 0 Å². The lowest BCUT2D eigenvalue weighted by Gasteiger charge is -2.07. The summed E-state index contributed by atoms with van der Waals surface area (Å²) in [4.78, 5) is 4.01. The summed E-state index contributed by atoms with van der Waals surface area (Å²) in [6.45, 7) is 0. The minimum absolute atomic E-state index is 0.521. The van der Waals surface area contributed by atoms with E-state index in [4.69, 9.17) is 5.73 Å². The quantitative estimate of drug-likeness (QED) is 0.717. The Hall–Kier alpha value is -1.36. The Kier molecular flexibility index (Phi) is 2.27. The fourth-order valence-corrected chi connectivity index (χ4v) is 1.59. The SMILES string of the molecule is NC1=NN=C(c2cccnc2)CS1. The Morgan fingerprint density at radius 1 is 1.38 bits per heavy atom. The molecule has 0 spiro atoms. The molecule has 0 amide bonds. The molecular formula is C8H8N4S. The predicted octanol–water partition coefficient (Wildman–Crippen LogP) is 0.847. The first kappa shape index (κ1) is 8.25. The Morgan fingerprint density at radius 2 is 2.31 bits per heavy atom. The summed E-state index contributed by atoms with van der Waals surface area (Å²) in [5, 5.41) is 8.33. The van der Waals surface area contributed by atoms with Crippen LogP contribution in [0.4, 0.5) is 0 Å². The normalized spacial score (nSPS) is 16.3. The van der Waals surface area contributed by atoms with Gasteiger partial charge in [-0.25, -0.2) is 0 Å². The summed E-state index contributed by atoms with van der Waals surface area (Å²) >= 11 is 1.49. The van der Waals surface area contributed by atoms with Crippen molar-refractivity contribution in [1.82, 2.24) is 4.98 Å². The van der Waals surface area contributed by atoms with Crippen LogP contribution in [0.15, 0.2) is 34.7 Å². The highest BCUT2D eigenvalue weighted by atomic mass is 32.2. The van der Waals surface area contributed by atoms with E-state index in [2.05, 4.69) is 15.2 Å². The summed E-state index contributed by atoms with van der Waals surface area (Å²) < 4.78 is 0. The van der Waals surface area contributed by atoms with E-state index in [-0.39, 0.29) is 0 Å². The number of aromatic nitrogens is 1. The number of hydrogen-bond donors (Lipinski definition) is 1. The molecule has 0 atom stereocenters. The van der Waals surface area contributed by atoms with Gasteiger partial charge in [0.15, 0.2) is 5.17 Å². The smallest absolute Gasteiger partial charge is 0.180 e. The van der Waals surface area contributed by atoms with Gasteiger partial charge in [0.1, 0.15) is 0 Å². The zero-order chi connectivity index (χ0) is 9.10. The number of pyridine rings is 1. The molecule has 2 N–H and O–H groups in total. The third-order valence-corrected chi connectivity index (χ3v) is 2.42. The van der Waals surface area contributed by atoms with Gasteiger partial charge >= 0.3 is 0 Å². The molecule has 5 heteroatoms. The lowest BCUT2D eigenvalue weighted by molar-refractivity contribution is 1.21. The number of nitrogens with two attached hydrogens (primary N) is 1. The summed E-state index contributed by atoms with van der Waals surface area (Å²) in [6, 6.07) is 3.84. The fraction of sp³-hybridized carbons (Fsp3) is 0.125. The van der Waals surface area contributed by atoms with Crippen LogP contribution >= 0.6 is 11.8 Å².